The zero-order valence-corrected chi connectivity index (χ0v) is 17.0. The Kier molecular flexibility index (Phi) is 4.17. The van der Waals surface area contributed by atoms with Gasteiger partial charge in [0.05, 0.1) is 18.2 Å². The molecule has 2 aromatic carbocycles. The van der Waals surface area contributed by atoms with E-state index in [1.807, 2.05) is 37.3 Å². The number of carbonyl (C=O) groups is 3. The average molecular weight is 425 g/mol. The molecule has 9 nitrogen and oxygen atoms in total. The first-order chi connectivity index (χ1) is 15.5. The molecule has 3 heterocycles. The van der Waals surface area contributed by atoms with Gasteiger partial charge in [0, 0.05) is 5.56 Å². The second-order valence-electron chi connectivity index (χ2n) is 7.27. The summed E-state index contributed by atoms with van der Waals surface area (Å²) in [6.45, 7) is 1.93. The molecule has 0 saturated carbocycles. The second-order valence-corrected chi connectivity index (χ2v) is 7.27. The number of benzene rings is 2. The van der Waals surface area contributed by atoms with Crippen molar-refractivity contribution in [3.8, 4) is 17.5 Å². The summed E-state index contributed by atoms with van der Waals surface area (Å²) < 4.78 is 6.18. The fraction of sp³-hybridized carbons (Fsp3) is 0.0870. The molecule has 156 valence electrons. The Morgan fingerprint density at radius 1 is 1.09 bits per heavy atom. The zero-order valence-electron chi connectivity index (χ0n) is 17.0. The van der Waals surface area contributed by atoms with E-state index < -0.39 is 17.8 Å². The predicted molar refractivity (Wildman–Crippen MR) is 113 cm³/mol. The number of nitrogens with zero attached hydrogens (tertiary/aromatic N) is 4. The van der Waals surface area contributed by atoms with Crippen LogP contribution in [0.4, 0.5) is 5.82 Å². The van der Waals surface area contributed by atoms with Gasteiger partial charge in [-0.2, -0.15) is 5.26 Å². The molecule has 0 bridgehead atoms. The van der Waals surface area contributed by atoms with Crippen LogP contribution in [0, 0.1) is 18.3 Å². The third-order valence-electron chi connectivity index (χ3n) is 5.35. The van der Waals surface area contributed by atoms with Gasteiger partial charge in [-0.15, -0.1) is 0 Å². The molecule has 0 aliphatic carbocycles. The van der Waals surface area contributed by atoms with Gasteiger partial charge in [-0.05, 0) is 25.1 Å². The molecule has 0 atom stereocenters. The number of imide groups is 1. The van der Waals surface area contributed by atoms with Crippen LogP contribution in [-0.4, -0.2) is 39.5 Å². The Morgan fingerprint density at radius 2 is 1.78 bits per heavy atom. The summed E-state index contributed by atoms with van der Waals surface area (Å²) >= 11 is 0. The van der Waals surface area contributed by atoms with E-state index >= 15 is 0 Å². The Hall–Kier alpha value is -4.71. The number of aromatic amines is 1. The minimum Gasteiger partial charge on any atom is -0.465 e. The number of nitrogens with one attached hydrogen (secondary N) is 1. The lowest BCUT2D eigenvalue weighted by Crippen LogP contribution is -2.31. The van der Waals surface area contributed by atoms with Crippen molar-refractivity contribution in [2.24, 2.45) is 0 Å². The number of esters is 1. The number of hydrogen-bond acceptors (Lipinski definition) is 6. The number of amides is 2. The summed E-state index contributed by atoms with van der Waals surface area (Å²) in [6.07, 6.45) is 0. The second kappa shape index (κ2) is 6.92. The van der Waals surface area contributed by atoms with Crippen LogP contribution in [0.15, 0.2) is 48.5 Å². The highest BCUT2D eigenvalue weighted by Crippen LogP contribution is 2.36. The van der Waals surface area contributed by atoms with Crippen LogP contribution in [0.2, 0.25) is 0 Å². The molecule has 32 heavy (non-hydrogen) atoms. The van der Waals surface area contributed by atoms with Crippen LogP contribution >= 0.6 is 0 Å². The molecule has 0 unspecified atom stereocenters. The van der Waals surface area contributed by atoms with E-state index in [0.717, 1.165) is 16.0 Å². The van der Waals surface area contributed by atoms with E-state index in [-0.39, 0.29) is 33.7 Å². The Bertz CT molecular complexity index is 1470. The van der Waals surface area contributed by atoms with E-state index in [1.165, 1.54) is 11.6 Å². The van der Waals surface area contributed by atoms with E-state index in [9.17, 15) is 19.6 Å². The van der Waals surface area contributed by atoms with E-state index in [2.05, 4.69) is 10.1 Å². The highest BCUT2D eigenvalue weighted by Gasteiger charge is 2.42. The minimum absolute atomic E-state index is 0.0801. The smallest absolute Gasteiger partial charge is 0.343 e. The quantitative estimate of drug-likeness (QED) is 0.398. The van der Waals surface area contributed by atoms with Crippen LogP contribution in [-0.2, 0) is 4.74 Å². The fourth-order valence-corrected chi connectivity index (χ4v) is 3.91. The first-order valence-electron chi connectivity index (χ1n) is 9.64. The number of anilines is 1. The number of hydrogen-bond donors (Lipinski definition) is 1. The lowest BCUT2D eigenvalue weighted by molar-refractivity contribution is 0.0602. The fourth-order valence-electron chi connectivity index (χ4n) is 3.91. The number of aromatic nitrogens is 3. The van der Waals surface area contributed by atoms with Gasteiger partial charge < -0.3 is 4.74 Å². The van der Waals surface area contributed by atoms with Crippen molar-refractivity contribution in [1.29, 1.82) is 5.26 Å². The molecule has 2 amide bonds. The SMILES string of the molecule is COC(=O)c1c(C#N)c(N2C(=O)c3ccccc3C2=O)n2[nH]c(-c3cccc(C)c3)nc12. The molecular weight excluding hydrogens is 410 g/mol. The van der Waals surface area contributed by atoms with E-state index in [1.54, 1.807) is 24.3 Å². The molecule has 2 aromatic heterocycles. The number of ether oxygens (including phenoxy) is 1. The van der Waals surface area contributed by atoms with Crippen molar-refractivity contribution in [3.63, 3.8) is 0 Å². The summed E-state index contributed by atoms with van der Waals surface area (Å²) in [6, 6.07) is 15.8. The molecule has 0 radical (unpaired) electrons. The number of fused-ring (bicyclic) bond motifs is 2. The van der Waals surface area contributed by atoms with Gasteiger partial charge in [0.15, 0.2) is 17.3 Å². The topological polar surface area (TPSA) is 121 Å². The standard InChI is InChI=1S/C23H15N5O4/c1-12-6-5-7-13(10-12)18-25-19-17(23(31)32-2)16(11-24)20(28(19)26-18)27-21(29)14-8-3-4-9-15(14)22(27)30/h3-10H,1-2H3,(H,25,26). The van der Waals surface area contributed by atoms with Gasteiger partial charge in [0.2, 0.25) is 0 Å². The molecule has 5 rings (SSSR count). The van der Waals surface area contributed by atoms with Crippen LogP contribution in [0.1, 0.15) is 42.2 Å². The third kappa shape index (κ3) is 2.56. The monoisotopic (exact) mass is 425 g/mol. The number of H-pyrrole nitrogens is 1. The molecule has 1 aliphatic rings. The summed E-state index contributed by atoms with van der Waals surface area (Å²) in [7, 11) is 1.18. The lowest BCUT2D eigenvalue weighted by atomic mass is 10.1. The largest absolute Gasteiger partial charge is 0.465 e. The number of methoxy groups -OCH3 is 1. The van der Waals surface area contributed by atoms with Crippen molar-refractivity contribution in [3.05, 3.63) is 76.3 Å². The zero-order chi connectivity index (χ0) is 22.6. The molecule has 1 aliphatic heterocycles. The molecule has 9 heteroatoms. The predicted octanol–water partition coefficient (Wildman–Crippen LogP) is 3.10. The summed E-state index contributed by atoms with van der Waals surface area (Å²) in [5.41, 5.74) is 1.93. The molecule has 0 fully saturated rings. The average Bonchev–Trinajstić information content (AvgIpc) is 3.43. The van der Waals surface area contributed by atoms with Crippen molar-refractivity contribution in [2.75, 3.05) is 12.0 Å². The maximum Gasteiger partial charge on any atom is 0.343 e. The molecule has 0 spiro atoms. The maximum absolute atomic E-state index is 13.1. The minimum atomic E-state index is -0.802. The van der Waals surface area contributed by atoms with Gasteiger partial charge >= 0.3 is 5.97 Å². The van der Waals surface area contributed by atoms with Gasteiger partial charge in [0.25, 0.3) is 11.8 Å². The summed E-state index contributed by atoms with van der Waals surface area (Å²) in [4.78, 5) is 44.2. The highest BCUT2D eigenvalue weighted by atomic mass is 16.5. The number of aryl methyl sites for hydroxylation is 1. The normalized spacial score (nSPS) is 12.8. The number of rotatable bonds is 3. The molecule has 1 N–H and O–H groups in total. The van der Waals surface area contributed by atoms with Gasteiger partial charge in [-0.25, -0.2) is 19.2 Å². The van der Waals surface area contributed by atoms with Crippen LogP contribution in [0.3, 0.4) is 0 Å². The van der Waals surface area contributed by atoms with E-state index in [0.29, 0.717) is 5.82 Å². The highest BCUT2D eigenvalue weighted by molar-refractivity contribution is 6.34. The van der Waals surface area contributed by atoms with Crippen molar-refractivity contribution in [2.45, 2.75) is 6.92 Å². The Morgan fingerprint density at radius 3 is 2.38 bits per heavy atom. The molecule has 0 saturated heterocycles. The molecular formula is C23H15N5O4. The van der Waals surface area contributed by atoms with Crippen molar-refractivity contribution < 1.29 is 19.1 Å². The first kappa shape index (κ1) is 19.3. The van der Waals surface area contributed by atoms with Crippen LogP contribution < -0.4 is 4.90 Å². The Labute approximate surface area is 181 Å². The van der Waals surface area contributed by atoms with E-state index in [4.69, 9.17) is 4.74 Å². The number of nitriles is 1. The van der Waals surface area contributed by atoms with Gasteiger partial charge in [-0.3, -0.25) is 14.7 Å². The van der Waals surface area contributed by atoms with Crippen molar-refractivity contribution >= 4 is 29.2 Å². The first-order valence-corrected chi connectivity index (χ1v) is 9.64. The van der Waals surface area contributed by atoms with Gasteiger partial charge in [0.1, 0.15) is 17.2 Å². The van der Waals surface area contributed by atoms with Gasteiger partial charge in [-0.1, -0.05) is 35.9 Å². The molecule has 4 aromatic rings. The van der Waals surface area contributed by atoms with Crippen LogP contribution in [0.5, 0.6) is 0 Å². The summed E-state index contributed by atoms with van der Waals surface area (Å²) in [5, 5.41) is 12.9. The number of carbonyl (C=O) groups excluding carboxylic acids is 3. The summed E-state index contributed by atoms with van der Waals surface area (Å²) in [5.74, 6) is -1.67. The van der Waals surface area contributed by atoms with Crippen LogP contribution in [0.25, 0.3) is 17.0 Å². The maximum atomic E-state index is 13.1. The third-order valence-corrected chi connectivity index (χ3v) is 5.35. The lowest BCUT2D eigenvalue weighted by Gasteiger charge is -2.13. The van der Waals surface area contributed by atoms with Crippen molar-refractivity contribution in [1.82, 2.24) is 14.6 Å². The Balaban J connectivity index is 1.81.